The summed E-state index contributed by atoms with van der Waals surface area (Å²) in [5.74, 6) is -0.232. The molecule has 2 fully saturated rings. The summed E-state index contributed by atoms with van der Waals surface area (Å²) in [7, 11) is -3.41. The Hall–Kier alpha value is -1.48. The SMILES string of the molecule is CS(=O)(=O)OC1CC2(CCN(c3ccc(OC(F)(F)F)cc3)CC2)C1. The molecule has 3 rings (SSSR count). The molecular weight excluding hydrogens is 359 g/mol. The van der Waals surface area contributed by atoms with E-state index in [9.17, 15) is 21.6 Å². The van der Waals surface area contributed by atoms with Gasteiger partial charge in [0, 0.05) is 18.8 Å². The van der Waals surface area contributed by atoms with Gasteiger partial charge in [0.2, 0.25) is 0 Å². The highest BCUT2D eigenvalue weighted by Crippen LogP contribution is 2.51. The van der Waals surface area contributed by atoms with Crippen LogP contribution >= 0.6 is 0 Å². The van der Waals surface area contributed by atoms with Gasteiger partial charge in [-0.3, -0.25) is 4.18 Å². The van der Waals surface area contributed by atoms with Crippen LogP contribution in [0.3, 0.4) is 0 Å². The van der Waals surface area contributed by atoms with Gasteiger partial charge in [-0.1, -0.05) is 0 Å². The molecule has 140 valence electrons. The molecule has 0 atom stereocenters. The number of hydrogen-bond acceptors (Lipinski definition) is 5. The van der Waals surface area contributed by atoms with Crippen LogP contribution in [-0.2, 0) is 14.3 Å². The Morgan fingerprint density at radius 3 is 2.16 bits per heavy atom. The fourth-order valence-corrected chi connectivity index (χ4v) is 4.36. The molecule has 0 aromatic heterocycles. The molecular formula is C16H20F3NO4S. The molecule has 0 N–H and O–H groups in total. The lowest BCUT2D eigenvalue weighted by molar-refractivity contribution is -0.274. The van der Waals surface area contributed by atoms with Crippen LogP contribution in [0, 0.1) is 5.41 Å². The fraction of sp³-hybridized carbons (Fsp3) is 0.625. The minimum atomic E-state index is -4.69. The van der Waals surface area contributed by atoms with E-state index >= 15 is 0 Å². The van der Waals surface area contributed by atoms with E-state index in [1.165, 1.54) is 12.1 Å². The van der Waals surface area contributed by atoms with Gasteiger partial charge in [0.05, 0.1) is 12.4 Å². The van der Waals surface area contributed by atoms with Crippen molar-refractivity contribution in [2.24, 2.45) is 5.41 Å². The topological polar surface area (TPSA) is 55.8 Å². The zero-order valence-electron chi connectivity index (χ0n) is 13.8. The first-order chi connectivity index (χ1) is 11.5. The molecule has 25 heavy (non-hydrogen) atoms. The molecule has 1 aliphatic heterocycles. The lowest BCUT2D eigenvalue weighted by Crippen LogP contribution is -2.50. The minimum absolute atomic E-state index is 0.130. The third-order valence-electron chi connectivity index (χ3n) is 4.89. The van der Waals surface area contributed by atoms with Crippen molar-refractivity contribution < 1.29 is 30.5 Å². The second kappa shape index (κ2) is 6.35. The molecule has 1 aromatic carbocycles. The second-order valence-corrected chi connectivity index (χ2v) is 8.46. The third kappa shape index (κ3) is 4.78. The van der Waals surface area contributed by atoms with Crippen LogP contribution in [0.2, 0.25) is 0 Å². The molecule has 1 aromatic rings. The van der Waals surface area contributed by atoms with E-state index in [4.69, 9.17) is 4.18 Å². The Morgan fingerprint density at radius 1 is 1.12 bits per heavy atom. The predicted octanol–water partition coefficient (Wildman–Crippen LogP) is 3.31. The Kier molecular flexibility index (Phi) is 4.65. The Bertz CT molecular complexity index is 702. The average Bonchev–Trinajstić information content (AvgIpc) is 2.44. The third-order valence-corrected chi connectivity index (χ3v) is 5.51. The summed E-state index contributed by atoms with van der Waals surface area (Å²) in [5.41, 5.74) is 0.984. The van der Waals surface area contributed by atoms with Crippen LogP contribution < -0.4 is 9.64 Å². The maximum atomic E-state index is 12.2. The number of anilines is 1. The molecule has 2 aliphatic rings. The molecule has 0 unspecified atom stereocenters. The normalized spacial score (nSPS) is 21.2. The van der Waals surface area contributed by atoms with E-state index in [1.807, 2.05) is 0 Å². The molecule has 0 amide bonds. The number of benzene rings is 1. The lowest BCUT2D eigenvalue weighted by Gasteiger charge is -2.51. The lowest BCUT2D eigenvalue weighted by atomic mass is 9.61. The van der Waals surface area contributed by atoms with E-state index < -0.39 is 16.5 Å². The van der Waals surface area contributed by atoms with Gasteiger partial charge < -0.3 is 9.64 Å². The van der Waals surface area contributed by atoms with Gasteiger partial charge in [-0.2, -0.15) is 8.42 Å². The summed E-state index contributed by atoms with van der Waals surface area (Å²) in [4.78, 5) is 2.12. The minimum Gasteiger partial charge on any atom is -0.406 e. The monoisotopic (exact) mass is 379 g/mol. The number of rotatable bonds is 4. The Balaban J connectivity index is 1.51. The molecule has 0 bridgehead atoms. The van der Waals surface area contributed by atoms with Crippen LogP contribution in [0.4, 0.5) is 18.9 Å². The van der Waals surface area contributed by atoms with Crippen molar-refractivity contribution in [2.45, 2.75) is 38.1 Å². The molecule has 1 heterocycles. The first-order valence-electron chi connectivity index (χ1n) is 8.03. The van der Waals surface area contributed by atoms with E-state index in [0.29, 0.717) is 0 Å². The number of hydrogen-bond donors (Lipinski definition) is 0. The van der Waals surface area contributed by atoms with Gasteiger partial charge in [0.1, 0.15) is 5.75 Å². The van der Waals surface area contributed by atoms with Gasteiger partial charge >= 0.3 is 6.36 Å². The quantitative estimate of drug-likeness (QED) is 0.752. The summed E-state index contributed by atoms with van der Waals surface area (Å²) >= 11 is 0. The van der Waals surface area contributed by atoms with Gasteiger partial charge in [-0.25, -0.2) is 0 Å². The van der Waals surface area contributed by atoms with Crippen molar-refractivity contribution in [2.75, 3.05) is 24.2 Å². The fourth-order valence-electron chi connectivity index (χ4n) is 3.73. The Morgan fingerprint density at radius 2 is 1.68 bits per heavy atom. The van der Waals surface area contributed by atoms with Crippen molar-refractivity contribution in [1.82, 2.24) is 0 Å². The molecule has 1 spiro atoms. The van der Waals surface area contributed by atoms with Crippen LogP contribution in [-0.4, -0.2) is 40.2 Å². The van der Waals surface area contributed by atoms with Crippen molar-refractivity contribution in [3.63, 3.8) is 0 Å². The molecule has 0 radical (unpaired) electrons. The van der Waals surface area contributed by atoms with Gasteiger partial charge in [-0.05, 0) is 55.4 Å². The van der Waals surface area contributed by atoms with Crippen LogP contribution in [0.15, 0.2) is 24.3 Å². The highest BCUT2D eigenvalue weighted by molar-refractivity contribution is 7.86. The zero-order chi connectivity index (χ0) is 18.3. The largest absolute Gasteiger partial charge is 0.573 e. The molecule has 5 nitrogen and oxygen atoms in total. The first kappa shape index (κ1) is 18.3. The number of halogens is 3. The van der Waals surface area contributed by atoms with Crippen molar-refractivity contribution >= 4 is 15.8 Å². The zero-order valence-corrected chi connectivity index (χ0v) is 14.6. The summed E-state index contributed by atoms with van der Waals surface area (Å²) < 4.78 is 67.7. The van der Waals surface area contributed by atoms with Crippen molar-refractivity contribution in [1.29, 1.82) is 0 Å². The number of ether oxygens (including phenoxy) is 1. The second-order valence-electron chi connectivity index (χ2n) is 6.86. The number of nitrogens with zero attached hydrogens (tertiary/aromatic N) is 1. The highest BCUT2D eigenvalue weighted by Gasteiger charge is 2.47. The van der Waals surface area contributed by atoms with Gasteiger partial charge in [-0.15, -0.1) is 13.2 Å². The van der Waals surface area contributed by atoms with E-state index in [0.717, 1.165) is 50.7 Å². The highest BCUT2D eigenvalue weighted by atomic mass is 32.2. The summed E-state index contributed by atoms with van der Waals surface area (Å²) in [5, 5.41) is 0. The van der Waals surface area contributed by atoms with Gasteiger partial charge in [0.25, 0.3) is 10.1 Å². The van der Waals surface area contributed by atoms with E-state index in [2.05, 4.69) is 9.64 Å². The van der Waals surface area contributed by atoms with Crippen LogP contribution in [0.25, 0.3) is 0 Å². The maximum Gasteiger partial charge on any atom is 0.573 e. The molecule has 9 heteroatoms. The average molecular weight is 379 g/mol. The maximum absolute atomic E-state index is 12.2. The van der Waals surface area contributed by atoms with E-state index in [-0.39, 0.29) is 17.3 Å². The van der Waals surface area contributed by atoms with Crippen LogP contribution in [0.1, 0.15) is 25.7 Å². The van der Waals surface area contributed by atoms with Crippen molar-refractivity contribution in [3.8, 4) is 5.75 Å². The molecule has 1 saturated heterocycles. The number of alkyl halides is 3. The first-order valence-corrected chi connectivity index (χ1v) is 9.84. The van der Waals surface area contributed by atoms with Gasteiger partial charge in [0.15, 0.2) is 0 Å². The predicted molar refractivity (Wildman–Crippen MR) is 86.0 cm³/mol. The Labute approximate surface area is 144 Å². The van der Waals surface area contributed by atoms with Crippen molar-refractivity contribution in [3.05, 3.63) is 24.3 Å². The van der Waals surface area contributed by atoms with E-state index in [1.54, 1.807) is 12.1 Å². The summed E-state index contributed by atoms with van der Waals surface area (Å²) in [6, 6.07) is 5.86. The molecule has 1 aliphatic carbocycles. The van der Waals surface area contributed by atoms with Crippen LogP contribution in [0.5, 0.6) is 5.75 Å². The summed E-state index contributed by atoms with van der Waals surface area (Å²) in [6.45, 7) is 1.57. The summed E-state index contributed by atoms with van der Waals surface area (Å²) in [6.07, 6.45) is -0.533. The smallest absolute Gasteiger partial charge is 0.406 e. The molecule has 1 saturated carbocycles. The number of piperidine rings is 1. The standard InChI is InChI=1S/C16H20F3NO4S/c1-25(21,22)24-14-10-15(11-14)6-8-20(9-7-15)12-2-4-13(5-3-12)23-16(17,18)19/h2-5,14H,6-11H2,1H3.